The van der Waals surface area contributed by atoms with Crippen molar-refractivity contribution in [3.05, 3.63) is 6.92 Å². The van der Waals surface area contributed by atoms with Crippen LogP contribution in [0.3, 0.4) is 0 Å². The Morgan fingerprint density at radius 1 is 0.568 bits per heavy atom. The molecule has 0 spiro atoms. The molecule has 0 aromatic heterocycles. The van der Waals surface area contributed by atoms with Crippen LogP contribution in [0.5, 0.6) is 0 Å². The van der Waals surface area contributed by atoms with E-state index in [-0.39, 0.29) is 6.10 Å². The first-order valence-electron chi connectivity index (χ1n) is 20.3. The lowest BCUT2D eigenvalue weighted by molar-refractivity contribution is -0.168. The average molecular weight is 679 g/mol. The Kier molecular flexibility index (Phi) is 14.8. The van der Waals surface area contributed by atoms with Crippen LogP contribution in [0.25, 0.3) is 0 Å². The smallest absolute Gasteiger partial charge is 0.193 e. The van der Waals surface area contributed by atoms with Gasteiger partial charge in [-0.05, 0) is 109 Å². The Hall–Kier alpha value is 0.370. The van der Waals surface area contributed by atoms with E-state index in [0.29, 0.717) is 6.42 Å². The summed E-state index contributed by atoms with van der Waals surface area (Å²) in [5, 5.41) is 0. The topological polar surface area (TPSA) is 9.23 Å². The summed E-state index contributed by atoms with van der Waals surface area (Å²) >= 11 is 3.87. The highest BCUT2D eigenvalue weighted by Gasteiger charge is 2.52. The molecule has 1 radical (unpaired) electrons. The molecule has 5 saturated carbocycles. The lowest BCUT2D eigenvalue weighted by Gasteiger charge is -2.47. The third-order valence-corrected chi connectivity index (χ3v) is 15.0. The van der Waals surface area contributed by atoms with E-state index < -0.39 is 10.2 Å². The van der Waals surface area contributed by atoms with Crippen molar-refractivity contribution in [1.29, 1.82) is 0 Å². The summed E-state index contributed by atoms with van der Waals surface area (Å²) in [6.45, 7) is 4.45. The quantitative estimate of drug-likeness (QED) is 0.131. The normalized spacial score (nSPS) is 29.0. The van der Waals surface area contributed by atoms with Gasteiger partial charge in [0, 0.05) is 0 Å². The largest absolute Gasteiger partial charge is 0.367 e. The highest BCUT2D eigenvalue weighted by Crippen LogP contribution is 2.51. The maximum absolute atomic E-state index is 17.5. The first kappa shape index (κ1) is 35.7. The Morgan fingerprint density at radius 2 is 0.977 bits per heavy atom. The average Bonchev–Trinajstić information content (AvgIpc) is 3.84. The molecule has 0 heterocycles. The molecular weight excluding hydrogens is 607 g/mol. The summed E-state index contributed by atoms with van der Waals surface area (Å²) in [4.78, 5) is 0. The number of alkyl halides is 2. The van der Waals surface area contributed by atoms with Crippen LogP contribution in [0.4, 0.5) is 4.39 Å². The summed E-state index contributed by atoms with van der Waals surface area (Å²) in [5.41, 5.74) is -0.674. The van der Waals surface area contributed by atoms with Crippen molar-refractivity contribution in [3.8, 4) is 0 Å². The lowest BCUT2D eigenvalue weighted by Crippen LogP contribution is -2.52. The Bertz CT molecular complexity index is 743. The van der Waals surface area contributed by atoms with Crippen molar-refractivity contribution in [1.82, 2.24) is 0 Å². The standard InChI is InChI=1S/C41H71BrFO/c1-2-39(36-24-4-3-5-25-36)37-26-28-38(29-27-37)44-40(30-12-21-33-15-6-7-16-33,31-13-22-34-17-8-9-18-34)41(42,43)32-14-23-35-19-10-11-20-35/h33-39H,1-32H2. The second kappa shape index (κ2) is 18.2. The number of hydrogen-bond acceptors (Lipinski definition) is 1. The summed E-state index contributed by atoms with van der Waals surface area (Å²) in [6.07, 6.45) is 39.4. The molecule has 1 nitrogen and oxygen atoms in total. The van der Waals surface area contributed by atoms with Crippen LogP contribution in [-0.4, -0.2) is 16.3 Å². The molecule has 255 valence electrons. The zero-order valence-corrected chi connectivity index (χ0v) is 30.4. The van der Waals surface area contributed by atoms with E-state index in [0.717, 1.165) is 86.9 Å². The highest BCUT2D eigenvalue weighted by molar-refractivity contribution is 9.10. The van der Waals surface area contributed by atoms with Crippen LogP contribution >= 0.6 is 15.9 Å². The van der Waals surface area contributed by atoms with Gasteiger partial charge in [-0.1, -0.05) is 148 Å². The maximum atomic E-state index is 17.5. The van der Waals surface area contributed by atoms with Gasteiger partial charge < -0.3 is 4.74 Å². The minimum atomic E-state index is -1.42. The third kappa shape index (κ3) is 10.2. The van der Waals surface area contributed by atoms with E-state index >= 15 is 4.39 Å². The summed E-state index contributed by atoms with van der Waals surface area (Å²) in [6, 6.07) is 0. The summed E-state index contributed by atoms with van der Waals surface area (Å²) in [5.74, 6) is 5.07. The molecule has 2 atom stereocenters. The zero-order chi connectivity index (χ0) is 30.7. The molecule has 0 saturated heterocycles. The fourth-order valence-electron chi connectivity index (χ4n) is 11.2. The Labute approximate surface area is 281 Å². The van der Waals surface area contributed by atoms with Gasteiger partial charge in [0.15, 0.2) is 4.58 Å². The molecule has 0 aliphatic heterocycles. The molecule has 5 fully saturated rings. The first-order chi connectivity index (χ1) is 21.5. The molecule has 5 aliphatic carbocycles. The maximum Gasteiger partial charge on any atom is 0.193 e. The van der Waals surface area contributed by atoms with Crippen LogP contribution < -0.4 is 0 Å². The van der Waals surface area contributed by atoms with Gasteiger partial charge in [-0.3, -0.25) is 0 Å². The van der Waals surface area contributed by atoms with Crippen molar-refractivity contribution in [2.45, 2.75) is 215 Å². The fraction of sp³-hybridized carbons (Fsp3) is 0.976. The fourth-order valence-corrected chi connectivity index (χ4v) is 11.9. The van der Waals surface area contributed by atoms with Crippen molar-refractivity contribution in [2.75, 3.05) is 0 Å². The van der Waals surface area contributed by atoms with Crippen LogP contribution in [0.2, 0.25) is 0 Å². The summed E-state index contributed by atoms with van der Waals surface area (Å²) in [7, 11) is 0. The van der Waals surface area contributed by atoms with Gasteiger partial charge in [-0.15, -0.1) is 0 Å². The second-order valence-electron chi connectivity index (χ2n) is 16.8. The van der Waals surface area contributed by atoms with E-state index in [1.807, 2.05) is 0 Å². The van der Waals surface area contributed by atoms with Crippen molar-refractivity contribution in [2.24, 2.45) is 35.5 Å². The zero-order valence-electron chi connectivity index (χ0n) is 28.8. The number of halogens is 2. The molecule has 0 N–H and O–H groups in total. The predicted molar refractivity (Wildman–Crippen MR) is 190 cm³/mol. The molecule has 0 aromatic rings. The van der Waals surface area contributed by atoms with Crippen LogP contribution in [0, 0.1) is 42.4 Å². The Morgan fingerprint density at radius 3 is 1.43 bits per heavy atom. The van der Waals surface area contributed by atoms with Gasteiger partial charge in [0.2, 0.25) is 0 Å². The third-order valence-electron chi connectivity index (χ3n) is 13.9. The molecule has 0 bridgehead atoms. The molecule has 5 aliphatic rings. The summed E-state index contributed by atoms with van der Waals surface area (Å²) < 4.78 is 23.5. The lowest BCUT2D eigenvalue weighted by atomic mass is 9.68. The molecular formula is C41H71BrFO. The van der Waals surface area contributed by atoms with E-state index in [4.69, 9.17) is 4.74 Å². The molecule has 5 rings (SSSR count). The van der Waals surface area contributed by atoms with Gasteiger partial charge in [-0.25, -0.2) is 4.39 Å². The van der Waals surface area contributed by atoms with E-state index in [1.165, 1.54) is 141 Å². The van der Waals surface area contributed by atoms with Gasteiger partial charge in [0.1, 0.15) is 5.60 Å². The van der Waals surface area contributed by atoms with Crippen LogP contribution in [0.15, 0.2) is 0 Å². The van der Waals surface area contributed by atoms with Crippen molar-refractivity contribution >= 4 is 15.9 Å². The molecule has 0 aromatic carbocycles. The molecule has 2 unspecified atom stereocenters. The van der Waals surface area contributed by atoms with Crippen LogP contribution in [0.1, 0.15) is 199 Å². The number of rotatable bonds is 18. The SMILES string of the molecule is [CH2]CC(C1CCCCC1)C1CCC(OC(CCCC2CCCC2)(CCCC2CCCC2)C(F)(Br)CCCC2CCCC2)CC1. The van der Waals surface area contributed by atoms with Crippen molar-refractivity contribution in [3.63, 3.8) is 0 Å². The van der Waals surface area contributed by atoms with Crippen molar-refractivity contribution < 1.29 is 9.13 Å². The first-order valence-corrected chi connectivity index (χ1v) is 21.1. The van der Waals surface area contributed by atoms with E-state index in [1.54, 1.807) is 0 Å². The highest BCUT2D eigenvalue weighted by atomic mass is 79.9. The van der Waals surface area contributed by atoms with Gasteiger partial charge in [0.25, 0.3) is 0 Å². The number of ether oxygens (including phenoxy) is 1. The minimum Gasteiger partial charge on any atom is -0.367 e. The molecule has 0 amide bonds. The molecule has 44 heavy (non-hydrogen) atoms. The van der Waals surface area contributed by atoms with E-state index in [9.17, 15) is 0 Å². The second-order valence-corrected chi connectivity index (χ2v) is 18.1. The van der Waals surface area contributed by atoms with E-state index in [2.05, 4.69) is 22.9 Å². The minimum absolute atomic E-state index is 0.225. The van der Waals surface area contributed by atoms with Crippen LogP contribution in [-0.2, 0) is 4.74 Å². The monoisotopic (exact) mass is 677 g/mol. The number of hydrogen-bond donors (Lipinski definition) is 0. The van der Waals surface area contributed by atoms with Gasteiger partial charge in [-0.2, -0.15) is 0 Å². The van der Waals surface area contributed by atoms with Gasteiger partial charge in [0.05, 0.1) is 6.10 Å². The Balaban J connectivity index is 1.26. The van der Waals surface area contributed by atoms with Gasteiger partial charge >= 0.3 is 0 Å². The predicted octanol–water partition coefficient (Wildman–Crippen LogP) is 13.9. The molecule has 3 heteroatoms.